The van der Waals surface area contributed by atoms with E-state index in [-0.39, 0.29) is 11.9 Å². The van der Waals surface area contributed by atoms with E-state index in [1.807, 2.05) is 13.0 Å². The summed E-state index contributed by atoms with van der Waals surface area (Å²) in [6, 6.07) is 6.55. The van der Waals surface area contributed by atoms with Crippen LogP contribution in [0.15, 0.2) is 24.3 Å². The molecule has 0 saturated carbocycles. The molecule has 0 aliphatic heterocycles. The summed E-state index contributed by atoms with van der Waals surface area (Å²) in [4.78, 5) is 0. The highest BCUT2D eigenvalue weighted by molar-refractivity contribution is 5.18. The van der Waals surface area contributed by atoms with E-state index in [2.05, 4.69) is 0 Å². The molecule has 0 amide bonds. The van der Waals surface area contributed by atoms with Gasteiger partial charge in [-0.1, -0.05) is 18.2 Å². The predicted octanol–water partition coefficient (Wildman–Crippen LogP) is 1.73. The second-order valence-electron chi connectivity index (χ2n) is 3.22. The molecule has 14 heavy (non-hydrogen) atoms. The first kappa shape index (κ1) is 11.1. The van der Waals surface area contributed by atoms with Gasteiger partial charge in [0.05, 0.1) is 6.61 Å². The average Bonchev–Trinajstić information content (AvgIpc) is 2.18. The Hall–Kier alpha value is -0.930. The monoisotopic (exact) mass is 197 g/mol. The Morgan fingerprint density at radius 2 is 2.14 bits per heavy atom. The van der Waals surface area contributed by atoms with Crippen LogP contribution in [-0.4, -0.2) is 19.3 Å². The van der Waals surface area contributed by atoms with Crippen LogP contribution in [0.4, 0.5) is 4.39 Å². The molecule has 0 bridgehead atoms. The molecule has 0 heterocycles. The van der Waals surface area contributed by atoms with Crippen LogP contribution in [0.25, 0.3) is 0 Å². The van der Waals surface area contributed by atoms with Crippen LogP contribution in [0, 0.1) is 5.82 Å². The van der Waals surface area contributed by atoms with Gasteiger partial charge >= 0.3 is 0 Å². The lowest BCUT2D eigenvalue weighted by Gasteiger charge is -2.11. The van der Waals surface area contributed by atoms with Gasteiger partial charge in [0, 0.05) is 12.6 Å². The molecule has 2 nitrogen and oxygen atoms in total. The van der Waals surface area contributed by atoms with E-state index in [4.69, 9.17) is 10.5 Å². The van der Waals surface area contributed by atoms with Gasteiger partial charge in [0.1, 0.15) is 5.82 Å². The van der Waals surface area contributed by atoms with E-state index in [0.29, 0.717) is 25.2 Å². The maximum atomic E-state index is 13.2. The highest BCUT2D eigenvalue weighted by Gasteiger charge is 2.07. The van der Waals surface area contributed by atoms with Gasteiger partial charge in [-0.2, -0.15) is 0 Å². The quantitative estimate of drug-likeness (QED) is 0.780. The van der Waals surface area contributed by atoms with Crippen molar-refractivity contribution in [2.24, 2.45) is 5.73 Å². The SMILES string of the molecule is CCOCC(N)Cc1ccccc1F. The highest BCUT2D eigenvalue weighted by Crippen LogP contribution is 2.08. The Labute approximate surface area is 83.9 Å². The van der Waals surface area contributed by atoms with Gasteiger partial charge in [-0.15, -0.1) is 0 Å². The van der Waals surface area contributed by atoms with Crippen molar-refractivity contribution in [2.45, 2.75) is 19.4 Å². The van der Waals surface area contributed by atoms with Gasteiger partial charge in [0.15, 0.2) is 0 Å². The molecule has 0 aliphatic carbocycles. The van der Waals surface area contributed by atoms with E-state index < -0.39 is 0 Å². The number of benzene rings is 1. The van der Waals surface area contributed by atoms with Gasteiger partial charge < -0.3 is 10.5 Å². The Kier molecular flexibility index (Phi) is 4.56. The predicted molar refractivity (Wildman–Crippen MR) is 54.6 cm³/mol. The molecule has 78 valence electrons. The molecular weight excluding hydrogens is 181 g/mol. The molecule has 0 aliphatic rings. The molecule has 0 radical (unpaired) electrons. The van der Waals surface area contributed by atoms with Crippen molar-refractivity contribution in [3.05, 3.63) is 35.6 Å². The minimum Gasteiger partial charge on any atom is -0.380 e. The number of ether oxygens (including phenoxy) is 1. The van der Waals surface area contributed by atoms with Crippen molar-refractivity contribution < 1.29 is 9.13 Å². The molecule has 1 rings (SSSR count). The van der Waals surface area contributed by atoms with Crippen LogP contribution in [-0.2, 0) is 11.2 Å². The van der Waals surface area contributed by atoms with Crippen molar-refractivity contribution in [1.82, 2.24) is 0 Å². The van der Waals surface area contributed by atoms with Gasteiger partial charge in [-0.3, -0.25) is 0 Å². The van der Waals surface area contributed by atoms with Gasteiger partial charge in [-0.05, 0) is 25.0 Å². The first-order valence-electron chi connectivity index (χ1n) is 4.80. The second kappa shape index (κ2) is 5.73. The summed E-state index contributed by atoms with van der Waals surface area (Å²) in [6.45, 7) is 3.03. The van der Waals surface area contributed by atoms with Gasteiger partial charge in [0.2, 0.25) is 0 Å². The van der Waals surface area contributed by atoms with Crippen LogP contribution in [0.2, 0.25) is 0 Å². The highest BCUT2D eigenvalue weighted by atomic mass is 19.1. The van der Waals surface area contributed by atoms with Gasteiger partial charge in [0.25, 0.3) is 0 Å². The summed E-state index contributed by atoms with van der Waals surface area (Å²) in [5, 5.41) is 0. The summed E-state index contributed by atoms with van der Waals surface area (Å²) >= 11 is 0. The average molecular weight is 197 g/mol. The minimum atomic E-state index is -0.195. The van der Waals surface area contributed by atoms with Crippen LogP contribution in [0.5, 0.6) is 0 Å². The van der Waals surface area contributed by atoms with Crippen molar-refractivity contribution in [1.29, 1.82) is 0 Å². The van der Waals surface area contributed by atoms with E-state index in [0.717, 1.165) is 0 Å². The summed E-state index contributed by atoms with van der Waals surface area (Å²) < 4.78 is 18.3. The lowest BCUT2D eigenvalue weighted by atomic mass is 10.1. The molecule has 1 aromatic rings. The molecule has 1 unspecified atom stereocenters. The third-order valence-electron chi connectivity index (χ3n) is 1.98. The molecule has 0 fully saturated rings. The first-order chi connectivity index (χ1) is 6.74. The molecule has 1 atom stereocenters. The summed E-state index contributed by atoms with van der Waals surface area (Å²) in [7, 11) is 0. The fourth-order valence-corrected chi connectivity index (χ4v) is 1.27. The largest absolute Gasteiger partial charge is 0.380 e. The molecule has 0 aromatic heterocycles. The third-order valence-corrected chi connectivity index (χ3v) is 1.98. The second-order valence-corrected chi connectivity index (χ2v) is 3.22. The van der Waals surface area contributed by atoms with E-state index in [9.17, 15) is 4.39 Å². The number of halogens is 1. The molecule has 2 N–H and O–H groups in total. The number of hydrogen-bond acceptors (Lipinski definition) is 2. The lowest BCUT2D eigenvalue weighted by Crippen LogP contribution is -2.29. The fraction of sp³-hybridized carbons (Fsp3) is 0.455. The zero-order valence-corrected chi connectivity index (χ0v) is 8.37. The fourth-order valence-electron chi connectivity index (χ4n) is 1.27. The van der Waals surface area contributed by atoms with E-state index in [1.54, 1.807) is 12.1 Å². The van der Waals surface area contributed by atoms with Crippen molar-refractivity contribution in [3.63, 3.8) is 0 Å². The standard InChI is InChI=1S/C11H16FNO/c1-2-14-8-10(13)7-9-5-3-4-6-11(9)12/h3-6,10H,2,7-8,13H2,1H3. The molecule has 0 spiro atoms. The maximum absolute atomic E-state index is 13.2. The Bertz CT molecular complexity index is 278. The summed E-state index contributed by atoms with van der Waals surface area (Å²) in [6.07, 6.45) is 0.521. The Balaban J connectivity index is 2.47. The molecular formula is C11H16FNO. The maximum Gasteiger partial charge on any atom is 0.126 e. The van der Waals surface area contributed by atoms with Crippen molar-refractivity contribution >= 4 is 0 Å². The smallest absolute Gasteiger partial charge is 0.126 e. The first-order valence-corrected chi connectivity index (χ1v) is 4.80. The Morgan fingerprint density at radius 1 is 1.43 bits per heavy atom. The van der Waals surface area contributed by atoms with E-state index >= 15 is 0 Å². The van der Waals surface area contributed by atoms with Gasteiger partial charge in [-0.25, -0.2) is 4.39 Å². The molecule has 1 aromatic carbocycles. The van der Waals surface area contributed by atoms with Crippen LogP contribution in [0.3, 0.4) is 0 Å². The minimum absolute atomic E-state index is 0.133. The Morgan fingerprint density at radius 3 is 2.79 bits per heavy atom. The molecule has 0 saturated heterocycles. The third kappa shape index (κ3) is 3.44. The van der Waals surface area contributed by atoms with Crippen LogP contribution in [0.1, 0.15) is 12.5 Å². The van der Waals surface area contributed by atoms with E-state index in [1.165, 1.54) is 6.07 Å². The zero-order chi connectivity index (χ0) is 10.4. The lowest BCUT2D eigenvalue weighted by molar-refractivity contribution is 0.133. The van der Waals surface area contributed by atoms with Crippen molar-refractivity contribution in [3.8, 4) is 0 Å². The topological polar surface area (TPSA) is 35.2 Å². The number of rotatable bonds is 5. The van der Waals surface area contributed by atoms with Crippen LogP contribution >= 0.6 is 0 Å². The summed E-state index contributed by atoms with van der Waals surface area (Å²) in [5.41, 5.74) is 6.42. The molecule has 3 heteroatoms. The summed E-state index contributed by atoms with van der Waals surface area (Å²) in [5.74, 6) is -0.195. The number of nitrogens with two attached hydrogens (primary N) is 1. The number of hydrogen-bond donors (Lipinski definition) is 1. The van der Waals surface area contributed by atoms with Crippen LogP contribution < -0.4 is 5.73 Å². The normalized spacial score (nSPS) is 12.8. The van der Waals surface area contributed by atoms with Crippen molar-refractivity contribution in [2.75, 3.05) is 13.2 Å². The zero-order valence-electron chi connectivity index (χ0n) is 8.37.